The number of furan rings is 1. The minimum Gasteiger partial charge on any atom is -0.507 e. The van der Waals surface area contributed by atoms with Gasteiger partial charge in [-0.25, -0.2) is 0 Å². The van der Waals surface area contributed by atoms with Crippen LogP contribution in [0.15, 0.2) is 46.6 Å². The second-order valence-corrected chi connectivity index (χ2v) is 7.81. The second kappa shape index (κ2) is 7.30. The molecule has 4 rings (SSSR count). The number of benzene rings is 1. The van der Waals surface area contributed by atoms with Gasteiger partial charge in [-0.1, -0.05) is 31.4 Å². The molecule has 28 heavy (non-hydrogen) atoms. The van der Waals surface area contributed by atoms with Crippen LogP contribution in [0, 0.1) is 13.8 Å². The third kappa shape index (κ3) is 3.05. The number of aliphatic hydroxyl groups is 1. The van der Waals surface area contributed by atoms with Gasteiger partial charge in [-0.15, -0.1) is 0 Å². The van der Waals surface area contributed by atoms with Crippen molar-refractivity contribution in [1.82, 2.24) is 4.90 Å². The van der Waals surface area contributed by atoms with Crippen molar-refractivity contribution in [2.24, 2.45) is 0 Å². The Morgan fingerprint density at radius 2 is 1.82 bits per heavy atom. The molecule has 1 atom stereocenters. The number of hydrogen-bond donors (Lipinski definition) is 1. The average Bonchev–Trinajstić information content (AvgIpc) is 3.31. The zero-order valence-electron chi connectivity index (χ0n) is 16.3. The highest BCUT2D eigenvalue weighted by Crippen LogP contribution is 2.43. The Bertz CT molecular complexity index is 936. The minimum absolute atomic E-state index is 0.00893. The summed E-state index contributed by atoms with van der Waals surface area (Å²) in [5.74, 6) is -0.808. The molecule has 1 unspecified atom stereocenters. The van der Waals surface area contributed by atoms with Crippen molar-refractivity contribution in [2.45, 2.75) is 58.0 Å². The topological polar surface area (TPSA) is 70.8 Å². The van der Waals surface area contributed by atoms with Gasteiger partial charge in [-0.3, -0.25) is 9.59 Å². The van der Waals surface area contributed by atoms with Gasteiger partial charge in [-0.05, 0) is 56.0 Å². The van der Waals surface area contributed by atoms with Gasteiger partial charge in [0, 0.05) is 11.6 Å². The number of nitrogens with zero attached hydrogens (tertiary/aromatic N) is 1. The van der Waals surface area contributed by atoms with Gasteiger partial charge < -0.3 is 14.4 Å². The summed E-state index contributed by atoms with van der Waals surface area (Å²) in [6.45, 7) is 3.95. The van der Waals surface area contributed by atoms with Crippen LogP contribution in [0.4, 0.5) is 0 Å². The number of likely N-dealkylation sites (tertiary alicyclic amines) is 1. The lowest BCUT2D eigenvalue weighted by atomic mass is 9.92. The molecule has 2 aromatic rings. The highest BCUT2D eigenvalue weighted by Gasteiger charge is 2.50. The summed E-state index contributed by atoms with van der Waals surface area (Å²) in [4.78, 5) is 27.6. The summed E-state index contributed by atoms with van der Waals surface area (Å²) in [6, 6.07) is 8.35. The fourth-order valence-electron chi connectivity index (χ4n) is 4.36. The van der Waals surface area contributed by atoms with Crippen molar-refractivity contribution in [2.75, 3.05) is 0 Å². The normalized spacial score (nSPS) is 22.8. The molecular weight excluding hydrogens is 354 g/mol. The van der Waals surface area contributed by atoms with Crippen molar-refractivity contribution in [3.8, 4) is 0 Å². The van der Waals surface area contributed by atoms with Crippen LogP contribution in [0.3, 0.4) is 0 Å². The van der Waals surface area contributed by atoms with Gasteiger partial charge in [0.05, 0.1) is 11.8 Å². The van der Waals surface area contributed by atoms with E-state index in [-0.39, 0.29) is 17.4 Å². The zero-order chi connectivity index (χ0) is 19.8. The molecule has 1 N–H and O–H groups in total. The van der Waals surface area contributed by atoms with Crippen molar-refractivity contribution in [1.29, 1.82) is 0 Å². The number of ketones is 1. The number of Topliss-reactive ketones (excluding diaryl/α,β-unsaturated/α-hetero) is 1. The van der Waals surface area contributed by atoms with Gasteiger partial charge in [0.1, 0.15) is 17.6 Å². The minimum atomic E-state index is -0.681. The Kier molecular flexibility index (Phi) is 4.84. The highest BCUT2D eigenvalue weighted by atomic mass is 16.3. The van der Waals surface area contributed by atoms with Crippen LogP contribution in [0.1, 0.15) is 60.6 Å². The fraction of sp³-hybridized carbons (Fsp3) is 0.391. The van der Waals surface area contributed by atoms with E-state index in [1.54, 1.807) is 23.1 Å². The summed E-state index contributed by atoms with van der Waals surface area (Å²) in [5.41, 5.74) is 2.77. The maximum atomic E-state index is 13.0. The van der Waals surface area contributed by atoms with Gasteiger partial charge in [0.15, 0.2) is 0 Å². The van der Waals surface area contributed by atoms with Crippen LogP contribution in [-0.4, -0.2) is 27.7 Å². The van der Waals surface area contributed by atoms with Crippen molar-refractivity contribution < 1.29 is 19.1 Å². The molecule has 5 heteroatoms. The predicted molar refractivity (Wildman–Crippen MR) is 106 cm³/mol. The molecule has 1 aromatic heterocycles. The molecule has 1 amide bonds. The summed E-state index contributed by atoms with van der Waals surface area (Å²) in [7, 11) is 0. The molecule has 0 spiro atoms. The maximum absolute atomic E-state index is 13.0. The van der Waals surface area contributed by atoms with Gasteiger partial charge in [-0.2, -0.15) is 0 Å². The standard InChI is InChI=1S/C23H25NO4/c1-14-10-11-16(13-15(14)2)21(25)19-20(18-9-6-12-28-18)24(23(27)22(19)26)17-7-4-3-5-8-17/h6,9-13,17,20,25H,3-5,7-8H2,1-2H3/b21-19-. The van der Waals surface area contributed by atoms with E-state index in [0.29, 0.717) is 11.3 Å². The van der Waals surface area contributed by atoms with E-state index < -0.39 is 17.7 Å². The van der Waals surface area contributed by atoms with E-state index >= 15 is 0 Å². The van der Waals surface area contributed by atoms with Crippen LogP contribution in [0.5, 0.6) is 0 Å². The van der Waals surface area contributed by atoms with Crippen LogP contribution in [0.2, 0.25) is 0 Å². The third-order valence-electron chi connectivity index (χ3n) is 6.04. The summed E-state index contributed by atoms with van der Waals surface area (Å²) >= 11 is 0. The molecule has 0 radical (unpaired) electrons. The molecule has 1 saturated carbocycles. The molecule has 1 aliphatic heterocycles. The van der Waals surface area contributed by atoms with Crippen molar-refractivity contribution in [3.63, 3.8) is 0 Å². The Hall–Kier alpha value is -2.82. The fourth-order valence-corrected chi connectivity index (χ4v) is 4.36. The largest absolute Gasteiger partial charge is 0.507 e. The Labute approximate surface area is 164 Å². The first-order chi connectivity index (χ1) is 13.5. The molecular formula is C23H25NO4. The molecule has 5 nitrogen and oxygen atoms in total. The number of aryl methyl sites for hydroxylation is 2. The lowest BCUT2D eigenvalue weighted by molar-refractivity contribution is -0.142. The van der Waals surface area contributed by atoms with Crippen molar-refractivity contribution in [3.05, 3.63) is 64.6 Å². The Morgan fingerprint density at radius 3 is 2.46 bits per heavy atom. The number of carbonyl (C=O) groups is 2. The van der Waals surface area contributed by atoms with E-state index in [4.69, 9.17) is 4.42 Å². The smallest absolute Gasteiger partial charge is 0.296 e. The zero-order valence-corrected chi connectivity index (χ0v) is 16.3. The lowest BCUT2D eigenvalue weighted by Crippen LogP contribution is -2.40. The lowest BCUT2D eigenvalue weighted by Gasteiger charge is -2.34. The summed E-state index contributed by atoms with van der Waals surface area (Å²) in [6.07, 6.45) is 6.49. The van der Waals surface area contributed by atoms with Crippen LogP contribution >= 0.6 is 0 Å². The first kappa shape index (κ1) is 18.5. The van der Waals surface area contributed by atoms with Crippen molar-refractivity contribution >= 4 is 17.4 Å². The molecule has 2 fully saturated rings. The van der Waals surface area contributed by atoms with E-state index in [2.05, 4.69) is 0 Å². The predicted octanol–water partition coefficient (Wildman–Crippen LogP) is 4.65. The molecule has 2 aliphatic rings. The van der Waals surface area contributed by atoms with E-state index in [0.717, 1.165) is 43.2 Å². The van der Waals surface area contributed by atoms with Crippen LogP contribution < -0.4 is 0 Å². The molecule has 1 aliphatic carbocycles. The van der Waals surface area contributed by atoms with E-state index in [1.807, 2.05) is 26.0 Å². The molecule has 0 bridgehead atoms. The van der Waals surface area contributed by atoms with E-state index in [1.165, 1.54) is 6.26 Å². The van der Waals surface area contributed by atoms with Gasteiger partial charge >= 0.3 is 0 Å². The summed E-state index contributed by atoms with van der Waals surface area (Å²) < 4.78 is 5.60. The second-order valence-electron chi connectivity index (χ2n) is 7.81. The Balaban J connectivity index is 1.85. The number of amides is 1. The number of aliphatic hydroxyl groups excluding tert-OH is 1. The average molecular weight is 379 g/mol. The first-order valence-corrected chi connectivity index (χ1v) is 9.90. The molecule has 1 aromatic carbocycles. The number of carbonyl (C=O) groups excluding carboxylic acids is 2. The van der Waals surface area contributed by atoms with Gasteiger partial charge in [0.2, 0.25) is 0 Å². The Morgan fingerprint density at radius 1 is 1.07 bits per heavy atom. The molecule has 146 valence electrons. The molecule has 2 heterocycles. The van der Waals surface area contributed by atoms with E-state index in [9.17, 15) is 14.7 Å². The third-order valence-corrected chi connectivity index (χ3v) is 6.04. The van der Waals surface area contributed by atoms with Crippen LogP contribution in [0.25, 0.3) is 5.76 Å². The SMILES string of the molecule is Cc1ccc(/C(O)=C2/C(=O)C(=O)N(C3CCCCC3)C2c2ccco2)cc1C. The monoisotopic (exact) mass is 379 g/mol. The van der Waals surface area contributed by atoms with Crippen LogP contribution in [-0.2, 0) is 9.59 Å². The maximum Gasteiger partial charge on any atom is 0.296 e. The highest BCUT2D eigenvalue weighted by molar-refractivity contribution is 6.46. The first-order valence-electron chi connectivity index (χ1n) is 9.90. The molecule has 1 saturated heterocycles. The summed E-state index contributed by atoms with van der Waals surface area (Å²) in [5, 5.41) is 11.0. The number of rotatable bonds is 3. The number of hydrogen-bond acceptors (Lipinski definition) is 4. The van der Waals surface area contributed by atoms with Gasteiger partial charge in [0.25, 0.3) is 11.7 Å². The quantitative estimate of drug-likeness (QED) is 0.479.